The molecular formula is C14H22N2O3S. The van der Waals surface area contributed by atoms with Crippen molar-refractivity contribution < 1.29 is 14.7 Å². The van der Waals surface area contributed by atoms with Gasteiger partial charge in [0.05, 0.1) is 12.5 Å². The minimum absolute atomic E-state index is 0.0212. The summed E-state index contributed by atoms with van der Waals surface area (Å²) in [6, 6.07) is 3.48. The maximum absolute atomic E-state index is 12.1. The van der Waals surface area contributed by atoms with E-state index in [0.717, 1.165) is 4.88 Å². The third kappa shape index (κ3) is 5.71. The summed E-state index contributed by atoms with van der Waals surface area (Å²) in [5.41, 5.74) is -0.456. The Morgan fingerprint density at radius 3 is 2.65 bits per heavy atom. The number of carbonyl (C=O) groups is 2. The van der Waals surface area contributed by atoms with Gasteiger partial charge in [0.15, 0.2) is 0 Å². The van der Waals surface area contributed by atoms with Crippen LogP contribution in [0.1, 0.15) is 44.5 Å². The van der Waals surface area contributed by atoms with E-state index < -0.39 is 5.54 Å². The van der Waals surface area contributed by atoms with E-state index in [0.29, 0.717) is 6.42 Å². The number of thiophene rings is 1. The lowest BCUT2D eigenvalue weighted by molar-refractivity contribution is -0.124. The summed E-state index contributed by atoms with van der Waals surface area (Å²) in [5.74, 6) is -0.304. The molecule has 1 atom stereocenters. The molecule has 6 heteroatoms. The van der Waals surface area contributed by atoms with Gasteiger partial charge in [-0.1, -0.05) is 6.07 Å². The quantitative estimate of drug-likeness (QED) is 0.715. The van der Waals surface area contributed by atoms with E-state index in [1.807, 2.05) is 31.4 Å². The highest BCUT2D eigenvalue weighted by Gasteiger charge is 2.23. The van der Waals surface area contributed by atoms with Crippen LogP contribution < -0.4 is 10.6 Å². The molecule has 0 radical (unpaired) electrons. The van der Waals surface area contributed by atoms with Crippen LogP contribution in [0.3, 0.4) is 0 Å². The Kier molecular flexibility index (Phi) is 6.16. The molecule has 0 aromatic carbocycles. The molecule has 112 valence electrons. The fourth-order valence-corrected chi connectivity index (χ4v) is 2.69. The lowest BCUT2D eigenvalue weighted by Crippen LogP contribution is -2.45. The van der Waals surface area contributed by atoms with E-state index in [-0.39, 0.29) is 30.9 Å². The molecule has 0 aliphatic rings. The van der Waals surface area contributed by atoms with Gasteiger partial charge in [0.2, 0.25) is 11.8 Å². The fraction of sp³-hybridized carbons (Fsp3) is 0.571. The first-order chi connectivity index (χ1) is 9.34. The van der Waals surface area contributed by atoms with Crippen LogP contribution in [-0.4, -0.2) is 29.1 Å². The molecule has 1 heterocycles. The number of aliphatic hydroxyl groups is 1. The molecule has 20 heavy (non-hydrogen) atoms. The molecule has 1 aromatic rings. The Hall–Kier alpha value is -1.40. The van der Waals surface area contributed by atoms with E-state index in [4.69, 9.17) is 5.11 Å². The average Bonchev–Trinajstić information content (AvgIpc) is 2.79. The number of aliphatic hydroxyl groups excluding tert-OH is 1. The molecule has 5 nitrogen and oxygen atoms in total. The minimum Gasteiger partial charge on any atom is -0.396 e. The SMILES string of the molecule is CC(=O)NC(CC(=O)NC(C)(C)CCO)c1cccs1. The number of nitrogens with one attached hydrogen (secondary N) is 2. The molecule has 0 bridgehead atoms. The van der Waals surface area contributed by atoms with Crippen LogP contribution in [0, 0.1) is 0 Å². The van der Waals surface area contributed by atoms with E-state index in [1.54, 1.807) is 0 Å². The number of carbonyl (C=O) groups excluding carboxylic acids is 2. The fourth-order valence-electron chi connectivity index (χ4n) is 1.91. The predicted molar refractivity (Wildman–Crippen MR) is 79.4 cm³/mol. The zero-order chi connectivity index (χ0) is 15.2. The maximum atomic E-state index is 12.1. The van der Waals surface area contributed by atoms with E-state index in [1.165, 1.54) is 18.3 Å². The van der Waals surface area contributed by atoms with Crippen molar-refractivity contribution in [2.75, 3.05) is 6.61 Å². The second-order valence-electron chi connectivity index (χ2n) is 5.38. The van der Waals surface area contributed by atoms with Crippen molar-refractivity contribution in [2.24, 2.45) is 0 Å². The third-order valence-corrected chi connectivity index (χ3v) is 3.85. The highest BCUT2D eigenvalue weighted by atomic mass is 32.1. The smallest absolute Gasteiger partial charge is 0.222 e. The molecule has 0 aliphatic heterocycles. The van der Waals surface area contributed by atoms with Gasteiger partial charge in [-0.25, -0.2) is 0 Å². The Morgan fingerprint density at radius 1 is 1.45 bits per heavy atom. The van der Waals surface area contributed by atoms with Gasteiger partial charge in [-0.05, 0) is 31.7 Å². The molecule has 2 amide bonds. The highest BCUT2D eigenvalue weighted by Crippen LogP contribution is 2.22. The van der Waals surface area contributed by atoms with Crippen LogP contribution in [0.4, 0.5) is 0 Å². The third-order valence-electron chi connectivity index (χ3n) is 2.87. The highest BCUT2D eigenvalue weighted by molar-refractivity contribution is 7.10. The second kappa shape index (κ2) is 7.40. The van der Waals surface area contributed by atoms with Crippen molar-refractivity contribution in [1.82, 2.24) is 10.6 Å². The second-order valence-corrected chi connectivity index (χ2v) is 6.36. The van der Waals surface area contributed by atoms with Crippen LogP contribution >= 0.6 is 11.3 Å². The van der Waals surface area contributed by atoms with E-state index in [2.05, 4.69) is 10.6 Å². The first kappa shape index (κ1) is 16.7. The van der Waals surface area contributed by atoms with Crippen molar-refractivity contribution in [3.63, 3.8) is 0 Å². The Bertz CT molecular complexity index is 443. The number of hydrogen-bond donors (Lipinski definition) is 3. The molecule has 0 fully saturated rings. The summed E-state index contributed by atoms with van der Waals surface area (Å²) in [7, 11) is 0. The summed E-state index contributed by atoms with van der Waals surface area (Å²) < 4.78 is 0. The first-order valence-electron chi connectivity index (χ1n) is 6.56. The van der Waals surface area contributed by atoms with Crippen LogP contribution in [0.25, 0.3) is 0 Å². The van der Waals surface area contributed by atoms with Crippen molar-refractivity contribution in [3.8, 4) is 0 Å². The van der Waals surface area contributed by atoms with E-state index in [9.17, 15) is 9.59 Å². The van der Waals surface area contributed by atoms with Crippen molar-refractivity contribution >= 4 is 23.2 Å². The van der Waals surface area contributed by atoms with Crippen LogP contribution in [-0.2, 0) is 9.59 Å². The number of amides is 2. The molecule has 0 spiro atoms. The topological polar surface area (TPSA) is 78.4 Å². The first-order valence-corrected chi connectivity index (χ1v) is 7.44. The minimum atomic E-state index is -0.456. The van der Waals surface area contributed by atoms with Crippen LogP contribution in [0.5, 0.6) is 0 Å². The zero-order valence-electron chi connectivity index (χ0n) is 12.1. The van der Waals surface area contributed by atoms with Gasteiger partial charge >= 0.3 is 0 Å². The van der Waals surface area contributed by atoms with Gasteiger partial charge in [-0.15, -0.1) is 11.3 Å². The lowest BCUT2D eigenvalue weighted by Gasteiger charge is -2.26. The average molecular weight is 298 g/mol. The standard InChI is InChI=1S/C14H22N2O3S/c1-10(18)15-11(12-5-4-8-20-12)9-13(19)16-14(2,3)6-7-17/h4-5,8,11,17H,6-7,9H2,1-3H3,(H,15,18)(H,16,19). The van der Waals surface area contributed by atoms with Gasteiger partial charge in [0.25, 0.3) is 0 Å². The summed E-state index contributed by atoms with van der Waals surface area (Å²) in [6.07, 6.45) is 0.678. The summed E-state index contributed by atoms with van der Waals surface area (Å²) in [5, 5.41) is 16.5. The van der Waals surface area contributed by atoms with Gasteiger partial charge in [-0.2, -0.15) is 0 Å². The monoisotopic (exact) mass is 298 g/mol. The largest absolute Gasteiger partial charge is 0.396 e. The molecule has 0 saturated heterocycles. The van der Waals surface area contributed by atoms with Crippen molar-refractivity contribution in [3.05, 3.63) is 22.4 Å². The van der Waals surface area contributed by atoms with Crippen LogP contribution in [0.15, 0.2) is 17.5 Å². The summed E-state index contributed by atoms with van der Waals surface area (Å²) in [6.45, 7) is 5.18. The molecule has 0 saturated carbocycles. The number of hydrogen-bond acceptors (Lipinski definition) is 4. The van der Waals surface area contributed by atoms with Gasteiger partial charge < -0.3 is 15.7 Å². The predicted octanol–water partition coefficient (Wildman–Crippen LogP) is 1.59. The molecule has 0 aliphatic carbocycles. The zero-order valence-corrected chi connectivity index (χ0v) is 12.9. The number of rotatable bonds is 7. The molecule has 1 aromatic heterocycles. The van der Waals surface area contributed by atoms with Gasteiger partial charge in [0, 0.05) is 23.9 Å². The Balaban J connectivity index is 2.66. The molecule has 1 unspecified atom stereocenters. The molecule has 1 rings (SSSR count). The van der Waals surface area contributed by atoms with Crippen molar-refractivity contribution in [1.29, 1.82) is 0 Å². The maximum Gasteiger partial charge on any atom is 0.222 e. The van der Waals surface area contributed by atoms with E-state index >= 15 is 0 Å². The van der Waals surface area contributed by atoms with Gasteiger partial charge in [-0.3, -0.25) is 9.59 Å². The Labute approximate surface area is 123 Å². The lowest BCUT2D eigenvalue weighted by atomic mass is 10.0. The summed E-state index contributed by atoms with van der Waals surface area (Å²) in [4.78, 5) is 24.3. The molecular weight excluding hydrogens is 276 g/mol. The summed E-state index contributed by atoms with van der Waals surface area (Å²) >= 11 is 1.51. The normalized spacial score (nSPS) is 12.8. The van der Waals surface area contributed by atoms with Crippen molar-refractivity contribution in [2.45, 2.75) is 45.2 Å². The van der Waals surface area contributed by atoms with Gasteiger partial charge in [0.1, 0.15) is 0 Å². The molecule has 3 N–H and O–H groups in total. The van der Waals surface area contributed by atoms with Crippen LogP contribution in [0.2, 0.25) is 0 Å². The Morgan fingerprint density at radius 2 is 2.15 bits per heavy atom.